The van der Waals surface area contributed by atoms with Crippen LogP contribution in [0, 0.1) is 11.8 Å². The molecule has 1 aliphatic rings. The van der Waals surface area contributed by atoms with Crippen molar-refractivity contribution in [3.63, 3.8) is 0 Å². The lowest BCUT2D eigenvalue weighted by molar-refractivity contribution is 0.190. The maximum absolute atomic E-state index is 4.48. The number of aromatic nitrogens is 1. The Hall–Kier alpha value is -0.410. The minimum Gasteiger partial charge on any atom is -0.305 e. The first-order valence-electron chi connectivity index (χ1n) is 7.37. The summed E-state index contributed by atoms with van der Waals surface area (Å²) in [6.45, 7) is 7.00. The maximum atomic E-state index is 4.48. The van der Waals surface area contributed by atoms with Gasteiger partial charge in [-0.3, -0.25) is 0 Å². The van der Waals surface area contributed by atoms with Crippen molar-refractivity contribution < 1.29 is 0 Å². The third kappa shape index (κ3) is 3.33. The van der Waals surface area contributed by atoms with Gasteiger partial charge in [-0.25, -0.2) is 4.98 Å². The van der Waals surface area contributed by atoms with E-state index < -0.39 is 0 Å². The summed E-state index contributed by atoms with van der Waals surface area (Å²) in [7, 11) is 0. The summed E-state index contributed by atoms with van der Waals surface area (Å²) in [6, 6.07) is 1.14. The van der Waals surface area contributed by atoms with Crippen LogP contribution >= 0.6 is 11.3 Å². The highest BCUT2D eigenvalue weighted by atomic mass is 32.1. The van der Waals surface area contributed by atoms with Gasteiger partial charge >= 0.3 is 0 Å². The van der Waals surface area contributed by atoms with E-state index >= 15 is 0 Å². The molecule has 2 rings (SSSR count). The average Bonchev–Trinajstić information content (AvgIpc) is 2.90. The molecule has 1 heterocycles. The molecule has 1 aromatic heterocycles. The van der Waals surface area contributed by atoms with Gasteiger partial charge in [0.05, 0.1) is 6.04 Å². The molecule has 0 spiro atoms. The second-order valence-corrected chi connectivity index (χ2v) is 6.72. The Morgan fingerprint density at radius 2 is 2.17 bits per heavy atom. The van der Waals surface area contributed by atoms with Crippen LogP contribution in [0.2, 0.25) is 0 Å². The number of thiazole rings is 1. The number of rotatable bonds is 5. The molecule has 102 valence electrons. The van der Waals surface area contributed by atoms with Gasteiger partial charge in [-0.05, 0) is 31.1 Å². The van der Waals surface area contributed by atoms with Gasteiger partial charge in [0.25, 0.3) is 0 Å². The van der Waals surface area contributed by atoms with Gasteiger partial charge in [0.2, 0.25) is 0 Å². The smallest absolute Gasteiger partial charge is 0.109 e. The van der Waals surface area contributed by atoms with Gasteiger partial charge in [0.1, 0.15) is 5.01 Å². The van der Waals surface area contributed by atoms with Crippen molar-refractivity contribution in [2.24, 2.45) is 11.8 Å². The van der Waals surface area contributed by atoms with E-state index in [0.717, 1.165) is 18.3 Å². The highest BCUT2D eigenvalue weighted by molar-refractivity contribution is 7.09. The molecule has 0 saturated heterocycles. The van der Waals surface area contributed by atoms with Crippen LogP contribution in [0.15, 0.2) is 11.6 Å². The normalized spacial score (nSPS) is 26.4. The van der Waals surface area contributed by atoms with Crippen LogP contribution in [0.5, 0.6) is 0 Å². The van der Waals surface area contributed by atoms with Crippen molar-refractivity contribution in [2.45, 2.75) is 65.0 Å². The summed E-state index contributed by atoms with van der Waals surface area (Å²) < 4.78 is 0. The number of nitrogens with one attached hydrogen (secondary N) is 1. The first-order valence-corrected chi connectivity index (χ1v) is 8.25. The Bertz CT molecular complexity index is 334. The van der Waals surface area contributed by atoms with Gasteiger partial charge in [0.15, 0.2) is 0 Å². The first kappa shape index (κ1) is 14.0. The largest absolute Gasteiger partial charge is 0.305 e. The first-order chi connectivity index (χ1) is 8.72. The van der Waals surface area contributed by atoms with E-state index in [1.165, 1.54) is 30.7 Å². The summed E-state index contributed by atoms with van der Waals surface area (Å²) in [6.07, 6.45) is 8.58. The molecule has 0 bridgehead atoms. The van der Waals surface area contributed by atoms with Gasteiger partial charge in [-0.1, -0.05) is 33.6 Å². The SMILES string of the molecule is CCC(NC1CCCCC1C(C)C)c1nccs1. The molecule has 3 unspecified atom stereocenters. The molecule has 1 saturated carbocycles. The summed E-state index contributed by atoms with van der Waals surface area (Å²) in [5, 5.41) is 7.23. The molecule has 2 nitrogen and oxygen atoms in total. The van der Waals surface area contributed by atoms with Crippen molar-refractivity contribution in [3.05, 3.63) is 16.6 Å². The van der Waals surface area contributed by atoms with Crippen molar-refractivity contribution in [3.8, 4) is 0 Å². The lowest BCUT2D eigenvalue weighted by Gasteiger charge is -2.37. The van der Waals surface area contributed by atoms with Gasteiger partial charge in [-0.15, -0.1) is 11.3 Å². The van der Waals surface area contributed by atoms with E-state index in [4.69, 9.17) is 0 Å². The standard InChI is InChI=1S/C15H26N2S/c1-4-13(15-16-9-10-18-15)17-14-8-6-5-7-12(14)11(2)3/h9-14,17H,4-8H2,1-3H3. The molecule has 1 aliphatic carbocycles. The molecular formula is C15H26N2S. The molecule has 1 fully saturated rings. The Morgan fingerprint density at radius 3 is 2.78 bits per heavy atom. The highest BCUT2D eigenvalue weighted by Gasteiger charge is 2.29. The predicted molar refractivity (Wildman–Crippen MR) is 78.9 cm³/mol. The lowest BCUT2D eigenvalue weighted by Crippen LogP contribution is -2.42. The number of nitrogens with zero attached hydrogens (tertiary/aromatic N) is 1. The summed E-state index contributed by atoms with van der Waals surface area (Å²) >= 11 is 1.78. The van der Waals surface area contributed by atoms with E-state index in [9.17, 15) is 0 Å². The molecular weight excluding hydrogens is 240 g/mol. The summed E-state index contributed by atoms with van der Waals surface area (Å²) in [5.41, 5.74) is 0. The van der Waals surface area contributed by atoms with E-state index in [2.05, 4.69) is 36.5 Å². The minimum atomic E-state index is 0.453. The molecule has 0 aliphatic heterocycles. The fourth-order valence-electron chi connectivity index (χ4n) is 3.19. The molecule has 1 aromatic rings. The van der Waals surface area contributed by atoms with Crippen LogP contribution in [-0.4, -0.2) is 11.0 Å². The predicted octanol–water partition coefficient (Wildman–Crippen LogP) is 4.40. The molecule has 18 heavy (non-hydrogen) atoms. The van der Waals surface area contributed by atoms with E-state index in [1.807, 2.05) is 6.20 Å². The van der Waals surface area contributed by atoms with Crippen molar-refractivity contribution in [1.82, 2.24) is 10.3 Å². The third-order valence-corrected chi connectivity index (χ3v) is 5.14. The van der Waals surface area contributed by atoms with E-state index in [0.29, 0.717) is 12.1 Å². The van der Waals surface area contributed by atoms with Gasteiger partial charge in [-0.2, -0.15) is 0 Å². The Morgan fingerprint density at radius 1 is 1.39 bits per heavy atom. The summed E-state index contributed by atoms with van der Waals surface area (Å²) in [5.74, 6) is 1.63. The maximum Gasteiger partial charge on any atom is 0.109 e. The monoisotopic (exact) mass is 266 g/mol. The van der Waals surface area contributed by atoms with Crippen molar-refractivity contribution in [2.75, 3.05) is 0 Å². The van der Waals surface area contributed by atoms with Crippen LogP contribution in [0.3, 0.4) is 0 Å². The van der Waals surface area contributed by atoms with Crippen LogP contribution in [0.25, 0.3) is 0 Å². The zero-order chi connectivity index (χ0) is 13.0. The topological polar surface area (TPSA) is 24.9 Å². The summed E-state index contributed by atoms with van der Waals surface area (Å²) in [4.78, 5) is 4.48. The zero-order valence-corrected chi connectivity index (χ0v) is 12.7. The average molecular weight is 266 g/mol. The highest BCUT2D eigenvalue weighted by Crippen LogP contribution is 2.32. The second kappa shape index (κ2) is 6.67. The Kier molecular flexibility index (Phi) is 5.19. The molecule has 3 atom stereocenters. The number of hydrogen-bond acceptors (Lipinski definition) is 3. The number of hydrogen-bond donors (Lipinski definition) is 1. The second-order valence-electron chi connectivity index (χ2n) is 5.80. The molecule has 0 amide bonds. The van der Waals surface area contributed by atoms with E-state index in [1.54, 1.807) is 11.3 Å². The van der Waals surface area contributed by atoms with Gasteiger partial charge in [0, 0.05) is 17.6 Å². The van der Waals surface area contributed by atoms with Crippen LogP contribution in [0.1, 0.15) is 63.9 Å². The third-order valence-electron chi connectivity index (χ3n) is 4.25. The fraction of sp³-hybridized carbons (Fsp3) is 0.800. The van der Waals surface area contributed by atoms with Crippen LogP contribution in [-0.2, 0) is 0 Å². The van der Waals surface area contributed by atoms with E-state index in [-0.39, 0.29) is 0 Å². The van der Waals surface area contributed by atoms with Crippen molar-refractivity contribution >= 4 is 11.3 Å². The molecule has 3 heteroatoms. The van der Waals surface area contributed by atoms with Crippen molar-refractivity contribution in [1.29, 1.82) is 0 Å². The minimum absolute atomic E-state index is 0.453. The lowest BCUT2D eigenvalue weighted by atomic mass is 9.77. The fourth-order valence-corrected chi connectivity index (χ4v) is 3.98. The Balaban J connectivity index is 2.01. The molecule has 1 N–H and O–H groups in total. The zero-order valence-electron chi connectivity index (χ0n) is 11.9. The quantitative estimate of drug-likeness (QED) is 0.854. The van der Waals surface area contributed by atoms with Gasteiger partial charge < -0.3 is 5.32 Å². The van der Waals surface area contributed by atoms with Crippen LogP contribution < -0.4 is 5.32 Å². The Labute approximate surface area is 115 Å². The van der Waals surface area contributed by atoms with Crippen LogP contribution in [0.4, 0.5) is 0 Å². The molecule has 0 radical (unpaired) electrons. The molecule has 0 aromatic carbocycles.